The van der Waals surface area contributed by atoms with E-state index in [4.69, 9.17) is 4.74 Å². The van der Waals surface area contributed by atoms with Gasteiger partial charge in [0.1, 0.15) is 11.4 Å². The molecule has 0 aromatic heterocycles. The van der Waals surface area contributed by atoms with Gasteiger partial charge in [0.25, 0.3) is 5.69 Å². The third-order valence-corrected chi connectivity index (χ3v) is 5.12. The van der Waals surface area contributed by atoms with Crippen molar-refractivity contribution in [3.63, 3.8) is 0 Å². The van der Waals surface area contributed by atoms with Crippen molar-refractivity contribution in [1.82, 2.24) is 4.90 Å². The number of nitrogens with zero attached hydrogens (tertiary/aromatic N) is 2. The van der Waals surface area contributed by atoms with Crippen molar-refractivity contribution in [3.8, 4) is 5.75 Å². The van der Waals surface area contributed by atoms with Crippen LogP contribution in [-0.4, -0.2) is 42.1 Å². The van der Waals surface area contributed by atoms with Crippen LogP contribution in [0.2, 0.25) is 0 Å². The number of rotatable bonds is 6. The zero-order valence-corrected chi connectivity index (χ0v) is 13.0. The molecular weight excluding hydrogens is 282 g/mol. The summed E-state index contributed by atoms with van der Waals surface area (Å²) in [5.41, 5.74) is 0.991. The van der Waals surface area contributed by atoms with E-state index in [0.29, 0.717) is 17.0 Å². The van der Waals surface area contributed by atoms with Crippen LogP contribution in [0, 0.1) is 10.1 Å². The van der Waals surface area contributed by atoms with Gasteiger partial charge in [-0.15, -0.1) is 0 Å². The lowest BCUT2D eigenvalue weighted by molar-refractivity contribution is -0.384. The van der Waals surface area contributed by atoms with E-state index in [-0.39, 0.29) is 10.6 Å². The van der Waals surface area contributed by atoms with Crippen LogP contribution in [0.15, 0.2) is 18.2 Å². The summed E-state index contributed by atoms with van der Waals surface area (Å²) in [5.74, 6) is 0.508. The second-order valence-corrected chi connectivity index (χ2v) is 6.24. The summed E-state index contributed by atoms with van der Waals surface area (Å²) in [6.45, 7) is 3.19. The number of nitrogens with one attached hydrogen (secondary N) is 1. The van der Waals surface area contributed by atoms with Crippen molar-refractivity contribution in [3.05, 3.63) is 28.3 Å². The number of nitro benzene ring substituents is 1. The van der Waals surface area contributed by atoms with Gasteiger partial charge in [-0.2, -0.15) is 0 Å². The lowest BCUT2D eigenvalue weighted by atomic mass is 9.90. The van der Waals surface area contributed by atoms with E-state index in [1.807, 2.05) is 0 Å². The summed E-state index contributed by atoms with van der Waals surface area (Å²) in [6, 6.07) is 4.96. The molecule has 1 N–H and O–H groups in total. The molecule has 2 aliphatic rings. The first-order valence-corrected chi connectivity index (χ1v) is 7.96. The topological polar surface area (TPSA) is 67.6 Å². The van der Waals surface area contributed by atoms with Gasteiger partial charge in [0.05, 0.1) is 18.1 Å². The number of ether oxygens (including phenoxy) is 1. The minimum Gasteiger partial charge on any atom is -0.496 e. The van der Waals surface area contributed by atoms with Gasteiger partial charge in [-0.1, -0.05) is 0 Å². The molecule has 0 atom stereocenters. The minimum atomic E-state index is -0.361. The Kier molecular flexibility index (Phi) is 4.20. The van der Waals surface area contributed by atoms with Crippen molar-refractivity contribution in [2.45, 2.75) is 37.6 Å². The summed E-state index contributed by atoms with van der Waals surface area (Å²) in [7, 11) is 1.51. The number of hydrogen-bond acceptors (Lipinski definition) is 5. The zero-order chi connectivity index (χ0) is 15.6. The normalized spacial score (nSPS) is 19.9. The van der Waals surface area contributed by atoms with Crippen LogP contribution in [0.3, 0.4) is 0 Å². The van der Waals surface area contributed by atoms with E-state index in [1.54, 1.807) is 12.1 Å². The summed E-state index contributed by atoms with van der Waals surface area (Å²) < 4.78 is 5.06. The lowest BCUT2D eigenvalue weighted by Gasteiger charge is -2.32. The van der Waals surface area contributed by atoms with E-state index in [1.165, 1.54) is 51.9 Å². The first kappa shape index (κ1) is 15.1. The van der Waals surface area contributed by atoms with Crippen molar-refractivity contribution >= 4 is 11.4 Å². The van der Waals surface area contributed by atoms with Crippen molar-refractivity contribution in [2.24, 2.45) is 0 Å². The summed E-state index contributed by atoms with van der Waals surface area (Å²) in [5, 5.41) is 14.4. The molecule has 0 amide bonds. The predicted octanol–water partition coefficient (Wildman–Crippen LogP) is 3.03. The quantitative estimate of drug-likeness (QED) is 0.646. The van der Waals surface area contributed by atoms with E-state index >= 15 is 0 Å². The van der Waals surface area contributed by atoms with E-state index in [0.717, 1.165) is 13.0 Å². The van der Waals surface area contributed by atoms with Crippen LogP contribution in [0.4, 0.5) is 11.4 Å². The fraction of sp³-hybridized carbons (Fsp3) is 0.625. The average molecular weight is 305 g/mol. The number of anilines is 1. The molecule has 0 unspecified atom stereocenters. The Bertz CT molecular complexity index is 552. The summed E-state index contributed by atoms with van der Waals surface area (Å²) in [4.78, 5) is 13.4. The molecule has 2 aliphatic heterocycles. The fourth-order valence-electron chi connectivity index (χ4n) is 4.00. The zero-order valence-electron chi connectivity index (χ0n) is 13.0. The van der Waals surface area contributed by atoms with Crippen LogP contribution in [0.5, 0.6) is 5.75 Å². The number of hydrogen-bond donors (Lipinski definition) is 1. The third kappa shape index (κ3) is 2.75. The van der Waals surface area contributed by atoms with E-state index < -0.39 is 0 Å². The highest BCUT2D eigenvalue weighted by Gasteiger charge is 2.43. The highest BCUT2D eigenvalue weighted by molar-refractivity contribution is 5.63. The average Bonchev–Trinajstić information content (AvgIpc) is 3.07. The van der Waals surface area contributed by atoms with Gasteiger partial charge in [-0.25, -0.2) is 0 Å². The summed E-state index contributed by atoms with van der Waals surface area (Å²) in [6.07, 6.45) is 6.14. The first-order valence-electron chi connectivity index (χ1n) is 7.96. The van der Waals surface area contributed by atoms with Gasteiger partial charge >= 0.3 is 0 Å². The molecule has 0 aliphatic carbocycles. The molecule has 2 fully saturated rings. The first-order chi connectivity index (χ1) is 10.6. The van der Waals surface area contributed by atoms with Gasteiger partial charge in [0.15, 0.2) is 0 Å². The third-order valence-electron chi connectivity index (χ3n) is 5.12. The molecule has 0 saturated carbocycles. The lowest BCUT2D eigenvalue weighted by Crippen LogP contribution is -2.39. The maximum Gasteiger partial charge on any atom is 0.296 e. The molecule has 0 bridgehead atoms. The number of methoxy groups -OCH3 is 1. The molecule has 6 heteroatoms. The Morgan fingerprint density at radius 3 is 2.73 bits per heavy atom. The molecule has 120 valence electrons. The highest BCUT2D eigenvalue weighted by Crippen LogP contribution is 2.41. The van der Waals surface area contributed by atoms with Crippen LogP contribution >= 0.6 is 0 Å². The van der Waals surface area contributed by atoms with Gasteiger partial charge in [0, 0.05) is 12.1 Å². The van der Waals surface area contributed by atoms with Gasteiger partial charge in [-0.05, 0) is 57.3 Å². The summed E-state index contributed by atoms with van der Waals surface area (Å²) >= 11 is 0. The predicted molar refractivity (Wildman–Crippen MR) is 85.5 cm³/mol. The molecule has 1 aromatic carbocycles. The van der Waals surface area contributed by atoms with Gasteiger partial charge < -0.3 is 10.1 Å². The number of fused-ring (bicyclic) bond motifs is 1. The molecule has 0 radical (unpaired) electrons. The van der Waals surface area contributed by atoms with Crippen LogP contribution in [0.25, 0.3) is 0 Å². The smallest absolute Gasteiger partial charge is 0.296 e. The largest absolute Gasteiger partial charge is 0.496 e. The number of nitro groups is 1. The molecule has 22 heavy (non-hydrogen) atoms. The van der Waals surface area contributed by atoms with E-state index in [9.17, 15) is 10.1 Å². The molecular formula is C16H23N3O3. The van der Waals surface area contributed by atoms with Crippen molar-refractivity contribution in [1.29, 1.82) is 0 Å². The Balaban J connectivity index is 1.65. The van der Waals surface area contributed by atoms with Gasteiger partial charge in [0.2, 0.25) is 0 Å². The Morgan fingerprint density at radius 2 is 2.09 bits per heavy atom. The molecule has 1 aromatic rings. The molecule has 2 heterocycles. The Morgan fingerprint density at radius 1 is 1.36 bits per heavy atom. The monoisotopic (exact) mass is 305 g/mol. The maximum absolute atomic E-state index is 11.2. The maximum atomic E-state index is 11.2. The van der Waals surface area contributed by atoms with Crippen molar-refractivity contribution < 1.29 is 9.66 Å². The fourth-order valence-corrected chi connectivity index (χ4v) is 4.00. The molecule has 3 rings (SSSR count). The minimum absolute atomic E-state index is 0.0755. The van der Waals surface area contributed by atoms with E-state index in [2.05, 4.69) is 10.2 Å². The molecule has 2 saturated heterocycles. The molecule has 0 spiro atoms. The van der Waals surface area contributed by atoms with Crippen molar-refractivity contribution in [2.75, 3.05) is 32.1 Å². The second kappa shape index (κ2) is 6.12. The van der Waals surface area contributed by atoms with Crippen LogP contribution < -0.4 is 10.1 Å². The second-order valence-electron chi connectivity index (χ2n) is 6.24. The number of benzene rings is 1. The highest BCUT2D eigenvalue weighted by atomic mass is 16.6. The Hall–Kier alpha value is -1.82. The SMILES string of the molecule is COc1ccc(NCCC23CCCN2CCC3)c([N+](=O)[O-])c1. The van der Waals surface area contributed by atoms with Gasteiger partial charge in [-0.3, -0.25) is 15.0 Å². The van der Waals surface area contributed by atoms with Crippen LogP contribution in [-0.2, 0) is 0 Å². The molecule has 6 nitrogen and oxygen atoms in total. The van der Waals surface area contributed by atoms with Crippen LogP contribution in [0.1, 0.15) is 32.1 Å². The standard InChI is InChI=1S/C16H23N3O3/c1-22-13-4-5-14(15(12-13)19(20)21)17-9-8-16-6-2-10-18(16)11-3-7-16/h4-5,12,17H,2-3,6-11H2,1H3. The Labute approximate surface area is 130 Å².